The zero-order valence-corrected chi connectivity index (χ0v) is 48.9. The number of hydrogen-bond donors (Lipinski definition) is 0. The average Bonchev–Trinajstić information content (AvgIpc) is 1.57. The Labute approximate surface area is 499 Å². The van der Waals surface area contributed by atoms with E-state index in [0.29, 0.717) is 0 Å². The third-order valence-electron chi connectivity index (χ3n) is 18.6. The molecule has 0 radical (unpaired) electrons. The van der Waals surface area contributed by atoms with Crippen molar-refractivity contribution in [2.45, 2.75) is 57.8 Å². The van der Waals surface area contributed by atoms with E-state index in [1.165, 1.54) is 38.9 Å². The second-order valence-electron chi connectivity index (χ2n) is 25.6. The molecule has 0 saturated heterocycles. The molecule has 2 aliphatic rings. The summed E-state index contributed by atoms with van der Waals surface area (Å²) in [6.07, 6.45) is 0. The lowest BCUT2D eigenvalue weighted by Gasteiger charge is -2.33. The topological polar surface area (TPSA) is 45.9 Å². The van der Waals surface area contributed by atoms with Crippen LogP contribution in [0.3, 0.4) is 0 Å². The van der Waals surface area contributed by atoms with E-state index >= 15 is 0 Å². The van der Waals surface area contributed by atoms with Crippen LogP contribution in [0.4, 0.5) is 34.1 Å². The van der Waals surface area contributed by atoms with Gasteiger partial charge in [0.05, 0.1) is 16.5 Å². The molecule has 12 aromatic carbocycles. The van der Waals surface area contributed by atoms with Crippen molar-refractivity contribution in [2.75, 3.05) is 9.80 Å². The van der Waals surface area contributed by atoms with E-state index in [-0.39, 0.29) is 10.8 Å². The minimum absolute atomic E-state index is 0.0267. The molecule has 0 unspecified atom stereocenters. The molecule has 0 N–H and O–H groups in total. The van der Waals surface area contributed by atoms with Gasteiger partial charge in [-0.15, -0.1) is 0 Å². The van der Waals surface area contributed by atoms with Gasteiger partial charge in [-0.05, 0) is 163 Å². The van der Waals surface area contributed by atoms with Gasteiger partial charge in [-0.1, -0.05) is 193 Å². The van der Waals surface area contributed by atoms with Crippen molar-refractivity contribution in [1.29, 1.82) is 0 Å². The lowest BCUT2D eigenvalue weighted by atomic mass is 9.70. The minimum Gasteiger partial charge on any atom is -0.456 e. The van der Waals surface area contributed by atoms with Gasteiger partial charge < -0.3 is 23.1 Å². The zero-order chi connectivity index (χ0) is 57.8. The summed E-state index contributed by atoms with van der Waals surface area (Å²) in [4.78, 5) is 4.86. The van der Waals surface area contributed by atoms with Crippen molar-refractivity contribution in [3.05, 3.63) is 288 Å². The summed E-state index contributed by atoms with van der Waals surface area (Å²) in [5.41, 5.74) is 24.6. The number of hydrogen-bond acceptors (Lipinski definition) is 5. The second kappa shape index (κ2) is 18.3. The van der Waals surface area contributed by atoms with Crippen molar-refractivity contribution in [2.24, 2.45) is 0 Å². The van der Waals surface area contributed by atoms with Gasteiger partial charge in [-0.25, -0.2) is 0 Å². The normalized spacial score (nSPS) is 13.3. The molecule has 0 atom stereocenters. The summed E-state index contributed by atoms with van der Waals surface area (Å²) in [6.45, 7) is 13.7. The fourth-order valence-corrected chi connectivity index (χ4v) is 14.4. The maximum absolute atomic E-state index is 7.68. The van der Waals surface area contributed by atoms with Gasteiger partial charge >= 0.3 is 0 Å². The van der Waals surface area contributed by atoms with Crippen molar-refractivity contribution in [1.82, 2.24) is 0 Å². The van der Waals surface area contributed by atoms with Gasteiger partial charge in [0.1, 0.15) is 33.5 Å². The quantitative estimate of drug-likeness (QED) is 0.159. The highest BCUT2D eigenvalue weighted by molar-refractivity contribution is 6.21. The molecule has 0 bridgehead atoms. The predicted molar refractivity (Wildman–Crippen MR) is 357 cm³/mol. The van der Waals surface area contributed by atoms with Crippen LogP contribution in [0.25, 0.3) is 99.2 Å². The number of para-hydroxylation sites is 2. The molecule has 5 nitrogen and oxygen atoms in total. The standard InChI is InChI=1S/C81H60N2O3/c1-79(2,3)51-29-33-53(34-30-51)82(56-37-41-62-60-22-12-16-26-71(60)84-74(62)46-56)55-39-43-64-68(45-55)81(66-24-14-10-20-58(66)59-21-11-15-25-67(59)81)69-48-70(77-65-40-28-50(49-18-8-7-9-19-49)44-73(65)86-78(77)76(64)69)83(54-35-31-52(32-36-54)80(4,5)6)57-38-42-63-61-23-13-17-27-72(61)85-75(63)47-57/h7-48H,1-6H3. The fraction of sp³-hybridized carbons (Fsp3) is 0.111. The van der Waals surface area contributed by atoms with Crippen LogP contribution in [0.15, 0.2) is 268 Å². The molecule has 3 heterocycles. The summed E-state index contributed by atoms with van der Waals surface area (Å²) in [5.74, 6) is 0. The van der Waals surface area contributed by atoms with Gasteiger partial charge in [-0.2, -0.15) is 0 Å². The first-order valence-electron chi connectivity index (χ1n) is 30.0. The number of benzene rings is 12. The molecule has 5 heteroatoms. The molecule has 15 aromatic rings. The molecule has 17 rings (SSSR count). The summed E-state index contributed by atoms with van der Waals surface area (Å²) in [7, 11) is 0. The zero-order valence-electron chi connectivity index (χ0n) is 48.9. The third kappa shape index (κ3) is 7.37. The molecular weight excluding hydrogens is 1050 g/mol. The first-order valence-corrected chi connectivity index (χ1v) is 30.0. The lowest BCUT2D eigenvalue weighted by molar-refractivity contribution is 0.590. The second-order valence-corrected chi connectivity index (χ2v) is 25.6. The number of anilines is 6. The van der Waals surface area contributed by atoms with E-state index in [1.54, 1.807) is 0 Å². The summed E-state index contributed by atoms with van der Waals surface area (Å²) >= 11 is 0. The lowest BCUT2D eigenvalue weighted by Crippen LogP contribution is -2.26. The average molecular weight is 1110 g/mol. The Morgan fingerprint density at radius 2 is 0.767 bits per heavy atom. The smallest absolute Gasteiger partial charge is 0.145 e. The molecule has 0 amide bonds. The van der Waals surface area contributed by atoms with Gasteiger partial charge in [0, 0.05) is 73.1 Å². The number of fused-ring (bicyclic) bond motifs is 20. The van der Waals surface area contributed by atoms with E-state index in [2.05, 4.69) is 294 Å². The van der Waals surface area contributed by atoms with Crippen LogP contribution in [0.2, 0.25) is 0 Å². The summed E-state index contributed by atoms with van der Waals surface area (Å²) in [6, 6.07) is 93.6. The number of furan rings is 3. The molecule has 86 heavy (non-hydrogen) atoms. The summed E-state index contributed by atoms with van der Waals surface area (Å²) < 4.78 is 21.1. The van der Waals surface area contributed by atoms with Crippen LogP contribution in [-0.2, 0) is 16.2 Å². The minimum atomic E-state index is -0.792. The third-order valence-corrected chi connectivity index (χ3v) is 18.6. The van der Waals surface area contributed by atoms with Gasteiger partial charge in [-0.3, -0.25) is 0 Å². The molecule has 0 aliphatic heterocycles. The monoisotopic (exact) mass is 1110 g/mol. The fourth-order valence-electron chi connectivity index (χ4n) is 14.4. The highest BCUT2D eigenvalue weighted by Gasteiger charge is 2.53. The largest absolute Gasteiger partial charge is 0.456 e. The van der Waals surface area contributed by atoms with E-state index in [4.69, 9.17) is 13.3 Å². The Morgan fingerprint density at radius 1 is 0.302 bits per heavy atom. The van der Waals surface area contributed by atoms with Crippen molar-refractivity contribution in [3.63, 3.8) is 0 Å². The van der Waals surface area contributed by atoms with Crippen LogP contribution in [0.5, 0.6) is 0 Å². The van der Waals surface area contributed by atoms with Gasteiger partial charge in [0.2, 0.25) is 0 Å². The van der Waals surface area contributed by atoms with Crippen molar-refractivity contribution >= 4 is 99.9 Å². The van der Waals surface area contributed by atoms with Crippen LogP contribution in [0, 0.1) is 0 Å². The van der Waals surface area contributed by atoms with Gasteiger partial charge in [0.15, 0.2) is 0 Å². The molecule has 0 fully saturated rings. The highest BCUT2D eigenvalue weighted by atomic mass is 16.3. The van der Waals surface area contributed by atoms with Gasteiger partial charge in [0.25, 0.3) is 0 Å². The van der Waals surface area contributed by atoms with Crippen LogP contribution in [0.1, 0.15) is 74.9 Å². The van der Waals surface area contributed by atoms with Crippen LogP contribution >= 0.6 is 0 Å². The number of nitrogens with zero attached hydrogens (tertiary/aromatic N) is 2. The Morgan fingerprint density at radius 3 is 1.36 bits per heavy atom. The summed E-state index contributed by atoms with van der Waals surface area (Å²) in [5, 5.41) is 6.44. The van der Waals surface area contributed by atoms with E-state index < -0.39 is 5.41 Å². The Hall–Kier alpha value is -10.4. The Kier molecular flexibility index (Phi) is 10.7. The van der Waals surface area contributed by atoms with E-state index in [0.717, 1.165) is 128 Å². The Balaban J connectivity index is 0.982. The molecule has 2 aliphatic carbocycles. The maximum Gasteiger partial charge on any atom is 0.145 e. The molecule has 412 valence electrons. The highest BCUT2D eigenvalue weighted by Crippen LogP contribution is 2.66. The van der Waals surface area contributed by atoms with Crippen molar-refractivity contribution in [3.8, 4) is 33.4 Å². The number of rotatable bonds is 7. The first-order chi connectivity index (χ1) is 41.9. The molecule has 3 aromatic heterocycles. The van der Waals surface area contributed by atoms with E-state index in [9.17, 15) is 0 Å². The first kappa shape index (κ1) is 50.2. The maximum atomic E-state index is 7.68. The molecular formula is C81H60N2O3. The predicted octanol–water partition coefficient (Wildman–Crippen LogP) is 22.9. The van der Waals surface area contributed by atoms with Crippen LogP contribution < -0.4 is 9.80 Å². The van der Waals surface area contributed by atoms with E-state index in [1.807, 2.05) is 12.1 Å². The van der Waals surface area contributed by atoms with Crippen molar-refractivity contribution < 1.29 is 13.3 Å². The SMILES string of the molecule is CC(C)(C)c1ccc(N(c2ccc3c(c2)C2(c4ccccc4-c4ccccc42)c2cc(N(c4ccc(C(C)(C)C)cc4)c4ccc5c(c4)oc4ccccc45)c4c(oc5cc(-c6ccccc6)ccc54)c2-3)c2ccc3c(c2)oc2ccccc23)cc1. The van der Waals surface area contributed by atoms with Crippen LogP contribution in [-0.4, -0.2) is 0 Å². The molecule has 0 saturated carbocycles. The molecule has 1 spiro atoms. The Bertz CT molecular complexity index is 5210.